The molecule has 0 radical (unpaired) electrons. The summed E-state index contributed by atoms with van der Waals surface area (Å²) in [5, 5.41) is 19.7. The van der Waals surface area contributed by atoms with E-state index in [2.05, 4.69) is 42.1 Å². The molecule has 3 aromatic carbocycles. The van der Waals surface area contributed by atoms with Gasteiger partial charge in [0.15, 0.2) is 4.77 Å². The highest BCUT2D eigenvalue weighted by Crippen LogP contribution is 2.30. The number of hydrogen-bond acceptors (Lipinski definition) is 5. The molecule has 160 valence electrons. The normalized spacial score (nSPS) is 11.2. The number of halogens is 3. The second-order valence-corrected chi connectivity index (χ2v) is 9.19. The molecule has 6 nitrogen and oxygen atoms in total. The number of hydrogen-bond donors (Lipinski definition) is 1. The van der Waals surface area contributed by atoms with E-state index >= 15 is 0 Å². The molecule has 4 rings (SSSR count). The van der Waals surface area contributed by atoms with Crippen molar-refractivity contribution in [3.63, 3.8) is 0 Å². The molecule has 4 aromatic rings. The molecule has 1 aromatic heterocycles. The molecule has 1 heterocycles. The highest BCUT2D eigenvalue weighted by molar-refractivity contribution is 9.10. The van der Waals surface area contributed by atoms with Crippen LogP contribution >= 0.6 is 55.7 Å². The molecular formula is C22H13Br2ClN4O2S. The van der Waals surface area contributed by atoms with E-state index in [0.717, 1.165) is 8.95 Å². The molecule has 0 spiro atoms. The van der Waals surface area contributed by atoms with Crippen LogP contribution in [0, 0.1) is 4.77 Å². The van der Waals surface area contributed by atoms with Crippen LogP contribution in [0.4, 0.5) is 11.4 Å². The zero-order valence-corrected chi connectivity index (χ0v) is 20.9. The van der Waals surface area contributed by atoms with E-state index in [-0.39, 0.29) is 10.5 Å². The summed E-state index contributed by atoms with van der Waals surface area (Å²) in [6.07, 6.45) is 0. The van der Waals surface area contributed by atoms with Crippen LogP contribution in [0.1, 0.15) is 0 Å². The monoisotopic (exact) mass is 590 g/mol. The maximum absolute atomic E-state index is 13.3. The number of benzene rings is 3. The second kappa shape index (κ2) is 9.50. The SMILES string of the molecule is O=c1c(N=Nc2ccc(Br)cc2)c(O)n(-c2ccc(Cl)cc2)c(=S)n1-c1ccc(Br)cc1. The van der Waals surface area contributed by atoms with Crippen LogP contribution in [0.2, 0.25) is 5.02 Å². The number of azo groups is 1. The van der Waals surface area contributed by atoms with Crippen LogP contribution in [0.5, 0.6) is 5.88 Å². The smallest absolute Gasteiger partial charge is 0.290 e. The Labute approximate surface area is 209 Å². The molecular weight excluding hydrogens is 580 g/mol. The van der Waals surface area contributed by atoms with Gasteiger partial charge in [0, 0.05) is 14.0 Å². The van der Waals surface area contributed by atoms with E-state index < -0.39 is 11.4 Å². The second-order valence-electron chi connectivity index (χ2n) is 6.56. The van der Waals surface area contributed by atoms with Crippen molar-refractivity contribution in [1.82, 2.24) is 9.13 Å². The third-order valence-corrected chi connectivity index (χ3v) is 6.15. The quantitative estimate of drug-likeness (QED) is 0.195. The Morgan fingerprint density at radius 3 is 1.88 bits per heavy atom. The third kappa shape index (κ3) is 4.61. The van der Waals surface area contributed by atoms with E-state index in [0.29, 0.717) is 22.1 Å². The van der Waals surface area contributed by atoms with E-state index in [1.165, 1.54) is 9.13 Å². The van der Waals surface area contributed by atoms with Crippen LogP contribution in [0.15, 0.2) is 96.8 Å². The molecule has 0 fully saturated rings. The van der Waals surface area contributed by atoms with E-state index in [1.807, 2.05) is 0 Å². The van der Waals surface area contributed by atoms with Gasteiger partial charge in [-0.3, -0.25) is 13.9 Å². The number of aromatic hydroxyl groups is 1. The highest BCUT2D eigenvalue weighted by atomic mass is 79.9. The Bertz CT molecular complexity index is 1430. The van der Waals surface area contributed by atoms with Crippen LogP contribution in [-0.2, 0) is 0 Å². The van der Waals surface area contributed by atoms with Crippen molar-refractivity contribution in [3.05, 3.63) is 102 Å². The minimum atomic E-state index is -0.596. The summed E-state index contributed by atoms with van der Waals surface area (Å²) in [6.45, 7) is 0. The van der Waals surface area contributed by atoms with Crippen molar-refractivity contribution in [2.24, 2.45) is 10.2 Å². The van der Waals surface area contributed by atoms with Crippen molar-refractivity contribution in [2.45, 2.75) is 0 Å². The van der Waals surface area contributed by atoms with Crippen LogP contribution < -0.4 is 5.56 Å². The highest BCUT2D eigenvalue weighted by Gasteiger charge is 2.19. The summed E-state index contributed by atoms with van der Waals surface area (Å²) in [5.41, 5.74) is 0.705. The summed E-state index contributed by atoms with van der Waals surface area (Å²) in [6, 6.07) is 20.8. The third-order valence-electron chi connectivity index (χ3n) is 4.47. The van der Waals surface area contributed by atoms with Gasteiger partial charge in [-0.15, -0.1) is 5.11 Å². The topological polar surface area (TPSA) is 71.9 Å². The molecule has 0 aliphatic carbocycles. The number of aromatic nitrogens is 2. The molecule has 0 saturated heterocycles. The first-order chi connectivity index (χ1) is 15.3. The molecule has 0 saturated carbocycles. The number of nitrogens with zero attached hydrogens (tertiary/aromatic N) is 4. The molecule has 0 bridgehead atoms. The van der Waals surface area contributed by atoms with Crippen molar-refractivity contribution in [1.29, 1.82) is 0 Å². The molecule has 0 aliphatic heterocycles. The maximum Gasteiger partial charge on any atom is 0.290 e. The summed E-state index contributed by atoms with van der Waals surface area (Å²) in [5.74, 6) is -0.420. The van der Waals surface area contributed by atoms with Gasteiger partial charge in [0.25, 0.3) is 5.56 Å². The molecule has 1 N–H and O–H groups in total. The standard InChI is InChI=1S/C22H13Br2ClN4O2S/c23-13-1-7-16(8-2-13)26-27-19-20(30)28(17-9-3-14(24)4-10-17)22(32)29(21(19)31)18-11-5-15(25)6-12-18/h1-12,31H. The summed E-state index contributed by atoms with van der Waals surface area (Å²) in [4.78, 5) is 13.3. The largest absolute Gasteiger partial charge is 0.492 e. The molecule has 0 unspecified atom stereocenters. The first kappa shape index (κ1) is 22.6. The Morgan fingerprint density at radius 1 is 0.781 bits per heavy atom. The average Bonchev–Trinajstić information content (AvgIpc) is 2.77. The van der Waals surface area contributed by atoms with Gasteiger partial charge in [-0.25, -0.2) is 0 Å². The fraction of sp³-hybridized carbons (Fsp3) is 0. The predicted octanol–water partition coefficient (Wildman–Crippen LogP) is 7.66. The van der Waals surface area contributed by atoms with Gasteiger partial charge < -0.3 is 5.11 Å². The van der Waals surface area contributed by atoms with Crippen molar-refractivity contribution < 1.29 is 5.11 Å². The fourth-order valence-corrected chi connectivity index (χ4v) is 3.96. The minimum absolute atomic E-state index is 0.0692. The lowest BCUT2D eigenvalue weighted by Crippen LogP contribution is -2.23. The molecule has 0 atom stereocenters. The lowest BCUT2D eigenvalue weighted by Gasteiger charge is -2.16. The van der Waals surface area contributed by atoms with Crippen molar-refractivity contribution in [2.75, 3.05) is 0 Å². The zero-order valence-electron chi connectivity index (χ0n) is 16.1. The Morgan fingerprint density at radius 2 is 1.28 bits per heavy atom. The van der Waals surface area contributed by atoms with Gasteiger partial charge in [-0.05, 0) is 85.0 Å². The van der Waals surface area contributed by atoms with Crippen molar-refractivity contribution in [3.8, 4) is 17.3 Å². The lowest BCUT2D eigenvalue weighted by atomic mass is 10.3. The van der Waals surface area contributed by atoms with Gasteiger partial charge >= 0.3 is 0 Å². The van der Waals surface area contributed by atoms with Gasteiger partial charge in [0.05, 0.1) is 17.1 Å². The van der Waals surface area contributed by atoms with E-state index in [1.54, 1.807) is 72.8 Å². The number of rotatable bonds is 4. The maximum atomic E-state index is 13.3. The van der Waals surface area contributed by atoms with E-state index in [4.69, 9.17) is 23.8 Å². The molecule has 32 heavy (non-hydrogen) atoms. The Kier molecular flexibility index (Phi) is 6.71. The summed E-state index contributed by atoms with van der Waals surface area (Å²) < 4.78 is 4.45. The van der Waals surface area contributed by atoms with Crippen LogP contribution in [0.25, 0.3) is 11.4 Å². The fourth-order valence-electron chi connectivity index (χ4n) is 2.93. The zero-order chi connectivity index (χ0) is 22.8. The average molecular weight is 593 g/mol. The van der Waals surface area contributed by atoms with Crippen LogP contribution in [0.3, 0.4) is 0 Å². The minimum Gasteiger partial charge on any atom is -0.492 e. The lowest BCUT2D eigenvalue weighted by molar-refractivity contribution is 0.432. The van der Waals surface area contributed by atoms with Gasteiger partial charge in [0.2, 0.25) is 11.6 Å². The van der Waals surface area contributed by atoms with Crippen molar-refractivity contribution >= 4 is 67.1 Å². The van der Waals surface area contributed by atoms with Crippen LogP contribution in [-0.4, -0.2) is 14.2 Å². The predicted molar refractivity (Wildman–Crippen MR) is 135 cm³/mol. The Hall–Kier alpha value is -2.59. The first-order valence-corrected chi connectivity index (χ1v) is 11.5. The molecule has 0 amide bonds. The van der Waals surface area contributed by atoms with Gasteiger partial charge in [-0.1, -0.05) is 43.5 Å². The first-order valence-electron chi connectivity index (χ1n) is 9.15. The molecule has 10 heteroatoms. The summed E-state index contributed by atoms with van der Waals surface area (Å²) in [7, 11) is 0. The van der Waals surface area contributed by atoms with Gasteiger partial charge in [0.1, 0.15) is 0 Å². The van der Waals surface area contributed by atoms with Gasteiger partial charge in [-0.2, -0.15) is 5.11 Å². The Balaban J connectivity index is 1.99. The summed E-state index contributed by atoms with van der Waals surface area (Å²) >= 11 is 18.4. The van der Waals surface area contributed by atoms with E-state index in [9.17, 15) is 9.90 Å². The molecule has 0 aliphatic rings.